The lowest BCUT2D eigenvalue weighted by atomic mass is 9.91. The first-order valence-electron chi connectivity index (χ1n) is 9.74. The Morgan fingerprint density at radius 2 is 1.86 bits per heavy atom. The Morgan fingerprint density at radius 3 is 2.61 bits per heavy atom. The highest BCUT2D eigenvalue weighted by Gasteiger charge is 2.46. The fourth-order valence-electron chi connectivity index (χ4n) is 5.18. The number of rotatable bonds is 2. The summed E-state index contributed by atoms with van der Waals surface area (Å²) < 4.78 is 0. The highest BCUT2D eigenvalue weighted by Crippen LogP contribution is 2.40. The molecule has 1 aromatic rings. The van der Waals surface area contributed by atoms with Crippen molar-refractivity contribution in [3.63, 3.8) is 0 Å². The number of carbonyl (C=O) groups is 4. The molecule has 5 rings (SSSR count). The first-order chi connectivity index (χ1) is 13.3. The molecule has 0 spiro atoms. The van der Waals surface area contributed by atoms with Crippen LogP contribution in [0.25, 0.3) is 0 Å². The van der Waals surface area contributed by atoms with Gasteiger partial charge in [-0.05, 0) is 49.8 Å². The summed E-state index contributed by atoms with van der Waals surface area (Å²) in [5, 5.41) is 2.21. The Labute approximate surface area is 162 Å². The lowest BCUT2D eigenvalue weighted by Crippen LogP contribution is -2.54. The molecule has 2 bridgehead atoms. The van der Waals surface area contributed by atoms with Gasteiger partial charge in [0, 0.05) is 30.7 Å². The topological polar surface area (TPSA) is 113 Å². The highest BCUT2D eigenvalue weighted by atomic mass is 16.2. The molecule has 3 heterocycles. The summed E-state index contributed by atoms with van der Waals surface area (Å²) in [4.78, 5) is 52.5. The average molecular weight is 382 g/mol. The number of hydrogen-bond donors (Lipinski definition) is 2. The van der Waals surface area contributed by atoms with E-state index in [9.17, 15) is 19.2 Å². The van der Waals surface area contributed by atoms with Crippen LogP contribution in [-0.2, 0) is 9.59 Å². The van der Waals surface area contributed by atoms with Crippen LogP contribution >= 0.6 is 0 Å². The number of nitrogens with two attached hydrogens (primary N) is 1. The van der Waals surface area contributed by atoms with Crippen molar-refractivity contribution in [1.29, 1.82) is 0 Å². The van der Waals surface area contributed by atoms with Crippen LogP contribution in [-0.4, -0.2) is 53.2 Å². The van der Waals surface area contributed by atoms with Gasteiger partial charge in [0.2, 0.25) is 11.8 Å². The van der Waals surface area contributed by atoms with Crippen LogP contribution in [0.2, 0.25) is 0 Å². The van der Waals surface area contributed by atoms with E-state index in [1.165, 1.54) is 0 Å². The third-order valence-electron chi connectivity index (χ3n) is 6.52. The van der Waals surface area contributed by atoms with Crippen molar-refractivity contribution in [1.82, 2.24) is 10.2 Å². The maximum Gasteiger partial charge on any atom is 0.262 e. The molecule has 1 aromatic carbocycles. The fourth-order valence-corrected chi connectivity index (χ4v) is 5.18. The number of amides is 4. The van der Waals surface area contributed by atoms with E-state index in [2.05, 4.69) is 10.2 Å². The standard InChI is InChI=1S/C20H22N4O4/c21-20-6-5-11(8-20)9-23(10-20)12-1-2-13-14(7-12)19(28)24(18(13)27)15-3-4-16(25)22-17(15)26/h1-2,7,11,15H,3-6,8-10,21H2,(H,22,25,26). The Balaban J connectivity index is 1.43. The lowest BCUT2D eigenvalue weighted by Gasteiger charge is -2.39. The van der Waals surface area contributed by atoms with Crippen LogP contribution < -0.4 is 16.0 Å². The summed E-state index contributed by atoms with van der Waals surface area (Å²) in [6.07, 6.45) is 3.45. The van der Waals surface area contributed by atoms with Gasteiger partial charge in [-0.1, -0.05) is 0 Å². The van der Waals surface area contributed by atoms with Crippen molar-refractivity contribution >= 4 is 29.3 Å². The summed E-state index contributed by atoms with van der Waals surface area (Å²) >= 11 is 0. The van der Waals surface area contributed by atoms with Crippen LogP contribution in [0.4, 0.5) is 5.69 Å². The summed E-state index contributed by atoms with van der Waals surface area (Å²) in [6, 6.07) is 4.32. The number of nitrogens with zero attached hydrogens (tertiary/aromatic N) is 2. The lowest BCUT2D eigenvalue weighted by molar-refractivity contribution is -0.136. The molecule has 3 atom stereocenters. The zero-order valence-electron chi connectivity index (χ0n) is 15.4. The molecular weight excluding hydrogens is 360 g/mol. The van der Waals surface area contributed by atoms with Crippen molar-refractivity contribution in [2.75, 3.05) is 18.0 Å². The van der Waals surface area contributed by atoms with E-state index in [0.717, 1.165) is 42.9 Å². The summed E-state index contributed by atoms with van der Waals surface area (Å²) in [5.74, 6) is -1.36. The van der Waals surface area contributed by atoms with E-state index < -0.39 is 23.8 Å². The number of hydrogen-bond acceptors (Lipinski definition) is 6. The molecule has 1 saturated carbocycles. The monoisotopic (exact) mass is 382 g/mol. The van der Waals surface area contributed by atoms with Gasteiger partial charge in [-0.2, -0.15) is 0 Å². The van der Waals surface area contributed by atoms with Crippen LogP contribution in [0.5, 0.6) is 0 Å². The van der Waals surface area contributed by atoms with E-state index >= 15 is 0 Å². The number of nitrogens with one attached hydrogen (secondary N) is 1. The summed E-state index contributed by atoms with van der Waals surface area (Å²) in [6.45, 7) is 1.64. The van der Waals surface area contributed by atoms with Gasteiger partial charge in [-0.25, -0.2) is 0 Å². The van der Waals surface area contributed by atoms with Crippen molar-refractivity contribution < 1.29 is 19.2 Å². The SMILES string of the molecule is NC12CCC(CN(c3ccc4c(c3)C(=O)N(C3CCC(=O)NC3=O)C4=O)C1)C2. The molecule has 8 heteroatoms. The normalized spacial score (nSPS) is 32.0. The number of carbonyl (C=O) groups excluding carboxylic acids is 4. The second kappa shape index (κ2) is 5.88. The van der Waals surface area contributed by atoms with Gasteiger partial charge in [0.15, 0.2) is 0 Å². The minimum atomic E-state index is -0.938. The van der Waals surface area contributed by atoms with Crippen LogP contribution in [0.1, 0.15) is 52.8 Å². The minimum absolute atomic E-state index is 0.114. The Kier molecular flexibility index (Phi) is 3.64. The third-order valence-corrected chi connectivity index (χ3v) is 6.52. The van der Waals surface area contributed by atoms with Crippen LogP contribution in [0.15, 0.2) is 18.2 Å². The predicted octanol–water partition coefficient (Wildman–Crippen LogP) is 0.405. The third kappa shape index (κ3) is 2.55. The zero-order chi connectivity index (χ0) is 19.6. The first-order valence-corrected chi connectivity index (χ1v) is 9.74. The average Bonchev–Trinajstić information content (AvgIpc) is 3.07. The molecule has 3 fully saturated rings. The second-order valence-corrected chi connectivity index (χ2v) is 8.53. The first kappa shape index (κ1) is 17.4. The van der Waals surface area contributed by atoms with Crippen molar-refractivity contribution in [2.45, 2.75) is 43.7 Å². The van der Waals surface area contributed by atoms with Gasteiger partial charge in [0.1, 0.15) is 6.04 Å². The van der Waals surface area contributed by atoms with E-state index in [-0.39, 0.29) is 24.3 Å². The number of imide groups is 2. The summed E-state index contributed by atoms with van der Waals surface area (Å²) in [7, 11) is 0. The number of piperidine rings is 2. The van der Waals surface area contributed by atoms with Gasteiger partial charge in [-0.3, -0.25) is 29.4 Å². The second-order valence-electron chi connectivity index (χ2n) is 8.53. The smallest absolute Gasteiger partial charge is 0.262 e. The molecule has 28 heavy (non-hydrogen) atoms. The fraction of sp³-hybridized carbons (Fsp3) is 0.500. The predicted molar refractivity (Wildman–Crippen MR) is 99.6 cm³/mol. The van der Waals surface area contributed by atoms with Gasteiger partial charge >= 0.3 is 0 Å². The van der Waals surface area contributed by atoms with E-state index in [4.69, 9.17) is 5.73 Å². The minimum Gasteiger partial charge on any atom is -0.369 e. The maximum atomic E-state index is 13.0. The largest absolute Gasteiger partial charge is 0.369 e. The van der Waals surface area contributed by atoms with Crippen molar-refractivity contribution in [3.8, 4) is 0 Å². The van der Waals surface area contributed by atoms with Crippen molar-refractivity contribution in [3.05, 3.63) is 29.3 Å². The molecule has 3 N–H and O–H groups in total. The Hall–Kier alpha value is -2.74. The maximum absolute atomic E-state index is 13.0. The van der Waals surface area contributed by atoms with Gasteiger partial charge in [0.25, 0.3) is 11.8 Å². The molecule has 0 radical (unpaired) electrons. The van der Waals surface area contributed by atoms with Crippen LogP contribution in [0.3, 0.4) is 0 Å². The molecule has 3 unspecified atom stereocenters. The van der Waals surface area contributed by atoms with Gasteiger partial charge in [0.05, 0.1) is 11.1 Å². The Bertz CT molecular complexity index is 929. The molecule has 8 nitrogen and oxygen atoms in total. The number of benzene rings is 1. The molecule has 4 amide bonds. The highest BCUT2D eigenvalue weighted by molar-refractivity contribution is 6.23. The van der Waals surface area contributed by atoms with Crippen LogP contribution in [0, 0.1) is 5.92 Å². The molecule has 4 aliphatic rings. The van der Waals surface area contributed by atoms with E-state index in [1.807, 2.05) is 6.07 Å². The molecule has 1 aliphatic carbocycles. The summed E-state index contributed by atoms with van der Waals surface area (Å²) in [5.41, 5.74) is 7.82. The van der Waals surface area contributed by atoms with Gasteiger partial charge in [-0.15, -0.1) is 0 Å². The number of fused-ring (bicyclic) bond motifs is 3. The molecular formula is C20H22N4O4. The molecule has 2 saturated heterocycles. The zero-order valence-corrected chi connectivity index (χ0v) is 15.4. The molecule has 146 valence electrons. The van der Waals surface area contributed by atoms with E-state index in [0.29, 0.717) is 17.0 Å². The number of anilines is 1. The molecule has 0 aromatic heterocycles. The van der Waals surface area contributed by atoms with Crippen molar-refractivity contribution in [2.24, 2.45) is 11.7 Å². The van der Waals surface area contributed by atoms with Gasteiger partial charge < -0.3 is 10.6 Å². The Morgan fingerprint density at radius 1 is 1.07 bits per heavy atom. The quantitative estimate of drug-likeness (QED) is 0.716. The molecule has 3 aliphatic heterocycles. The van der Waals surface area contributed by atoms with E-state index in [1.54, 1.807) is 12.1 Å².